The summed E-state index contributed by atoms with van der Waals surface area (Å²) in [5, 5.41) is 3.45. The van der Waals surface area contributed by atoms with Crippen LogP contribution in [0, 0.1) is 11.8 Å². The van der Waals surface area contributed by atoms with E-state index in [-0.39, 0.29) is 5.92 Å². The fourth-order valence-electron chi connectivity index (χ4n) is 2.71. The molecule has 1 aliphatic heterocycles. The molecule has 1 saturated heterocycles. The van der Waals surface area contributed by atoms with Gasteiger partial charge in [-0.05, 0) is 43.4 Å². The number of rotatable bonds is 6. The van der Waals surface area contributed by atoms with E-state index in [2.05, 4.69) is 25.2 Å². The molecular weight excluding hydrogens is 314 g/mol. The summed E-state index contributed by atoms with van der Waals surface area (Å²) in [6, 6.07) is 4.39. The summed E-state index contributed by atoms with van der Waals surface area (Å²) in [5.74, 6) is 1.33. The van der Waals surface area contributed by atoms with E-state index in [0.29, 0.717) is 23.5 Å². The normalized spacial score (nSPS) is 23.3. The lowest BCUT2D eigenvalue weighted by Crippen LogP contribution is -2.34. The van der Waals surface area contributed by atoms with Crippen molar-refractivity contribution in [2.45, 2.75) is 32.7 Å². The third-order valence-corrected chi connectivity index (χ3v) is 6.86. The van der Waals surface area contributed by atoms with Gasteiger partial charge in [0, 0.05) is 10.9 Å². The highest BCUT2D eigenvalue weighted by atomic mass is 35.5. The SMILES string of the molecule is CC(C)NCC(Cc1ccc(Cl)s1)C1CCS(=O)(=O)C1. The molecule has 3 nitrogen and oxygen atoms in total. The molecule has 20 heavy (non-hydrogen) atoms. The lowest BCUT2D eigenvalue weighted by molar-refractivity contribution is 0.335. The highest BCUT2D eigenvalue weighted by Gasteiger charge is 2.33. The molecule has 0 amide bonds. The molecule has 114 valence electrons. The van der Waals surface area contributed by atoms with Gasteiger partial charge in [-0.1, -0.05) is 25.4 Å². The molecule has 2 heterocycles. The van der Waals surface area contributed by atoms with Crippen LogP contribution in [0.4, 0.5) is 0 Å². The Bertz CT molecular complexity index is 539. The van der Waals surface area contributed by atoms with Crippen molar-refractivity contribution in [3.8, 4) is 0 Å². The first-order valence-electron chi connectivity index (χ1n) is 7.04. The summed E-state index contributed by atoms with van der Waals surface area (Å²) in [6.45, 7) is 5.10. The number of nitrogens with one attached hydrogen (secondary N) is 1. The zero-order chi connectivity index (χ0) is 14.8. The Morgan fingerprint density at radius 2 is 2.20 bits per heavy atom. The number of hydrogen-bond acceptors (Lipinski definition) is 4. The minimum absolute atomic E-state index is 0.270. The van der Waals surface area contributed by atoms with E-state index in [1.54, 1.807) is 11.3 Å². The van der Waals surface area contributed by atoms with Crippen LogP contribution in [-0.4, -0.2) is 32.5 Å². The third-order valence-electron chi connectivity index (χ3n) is 3.81. The van der Waals surface area contributed by atoms with Gasteiger partial charge in [-0.3, -0.25) is 0 Å². The second-order valence-corrected chi connectivity index (χ2v) is 9.92. The van der Waals surface area contributed by atoms with Gasteiger partial charge in [0.15, 0.2) is 9.84 Å². The minimum Gasteiger partial charge on any atom is -0.314 e. The van der Waals surface area contributed by atoms with E-state index in [9.17, 15) is 8.42 Å². The molecule has 2 unspecified atom stereocenters. The van der Waals surface area contributed by atoms with E-state index < -0.39 is 9.84 Å². The standard InChI is InChI=1S/C14H22ClNO2S2/c1-10(2)16-8-12(7-13-3-4-14(15)19-13)11-5-6-20(17,18)9-11/h3-4,10-12,16H,5-9H2,1-2H3. The Kier molecular flexibility index (Phi) is 5.51. The lowest BCUT2D eigenvalue weighted by atomic mass is 9.88. The van der Waals surface area contributed by atoms with Crippen molar-refractivity contribution in [1.29, 1.82) is 0 Å². The molecular formula is C14H22ClNO2S2. The van der Waals surface area contributed by atoms with Crippen LogP contribution in [0.15, 0.2) is 12.1 Å². The highest BCUT2D eigenvalue weighted by molar-refractivity contribution is 7.91. The van der Waals surface area contributed by atoms with Gasteiger partial charge in [0.25, 0.3) is 0 Å². The van der Waals surface area contributed by atoms with Crippen LogP contribution < -0.4 is 5.32 Å². The minimum atomic E-state index is -2.82. The van der Waals surface area contributed by atoms with Crippen molar-refractivity contribution < 1.29 is 8.42 Å². The Morgan fingerprint density at radius 1 is 1.45 bits per heavy atom. The Labute approximate surface area is 130 Å². The first-order valence-corrected chi connectivity index (χ1v) is 10.1. The zero-order valence-electron chi connectivity index (χ0n) is 11.9. The van der Waals surface area contributed by atoms with Crippen LogP contribution in [0.5, 0.6) is 0 Å². The average molecular weight is 336 g/mol. The molecule has 2 rings (SSSR count). The van der Waals surface area contributed by atoms with Crippen LogP contribution in [-0.2, 0) is 16.3 Å². The summed E-state index contributed by atoms with van der Waals surface area (Å²) >= 11 is 7.58. The number of halogens is 1. The zero-order valence-corrected chi connectivity index (χ0v) is 14.3. The van der Waals surface area contributed by atoms with Gasteiger partial charge in [-0.2, -0.15) is 0 Å². The maximum Gasteiger partial charge on any atom is 0.150 e. The van der Waals surface area contributed by atoms with Gasteiger partial charge in [-0.15, -0.1) is 11.3 Å². The lowest BCUT2D eigenvalue weighted by Gasteiger charge is -2.23. The van der Waals surface area contributed by atoms with Crippen molar-refractivity contribution >= 4 is 32.8 Å². The molecule has 0 aliphatic carbocycles. The largest absolute Gasteiger partial charge is 0.314 e. The predicted octanol–water partition coefficient (Wildman–Crippen LogP) is 2.99. The van der Waals surface area contributed by atoms with Gasteiger partial charge in [0.1, 0.15) is 0 Å². The van der Waals surface area contributed by atoms with Crippen molar-refractivity contribution in [3.63, 3.8) is 0 Å². The van der Waals surface area contributed by atoms with Crippen LogP contribution in [0.2, 0.25) is 4.34 Å². The van der Waals surface area contributed by atoms with E-state index in [4.69, 9.17) is 11.6 Å². The topological polar surface area (TPSA) is 46.2 Å². The monoisotopic (exact) mass is 335 g/mol. The van der Waals surface area contributed by atoms with Crippen molar-refractivity contribution in [1.82, 2.24) is 5.32 Å². The third kappa shape index (κ3) is 4.72. The highest BCUT2D eigenvalue weighted by Crippen LogP contribution is 2.31. The fraction of sp³-hybridized carbons (Fsp3) is 0.714. The summed E-state index contributed by atoms with van der Waals surface area (Å²) < 4.78 is 24.2. The maximum absolute atomic E-state index is 11.7. The fourth-order valence-corrected chi connectivity index (χ4v) is 5.81. The average Bonchev–Trinajstić information content (AvgIpc) is 2.90. The summed E-state index contributed by atoms with van der Waals surface area (Å²) in [4.78, 5) is 1.25. The van der Waals surface area contributed by atoms with Gasteiger partial charge in [0.05, 0.1) is 15.8 Å². The summed E-state index contributed by atoms with van der Waals surface area (Å²) in [5.41, 5.74) is 0. The summed E-state index contributed by atoms with van der Waals surface area (Å²) in [7, 11) is -2.82. The van der Waals surface area contributed by atoms with Crippen molar-refractivity contribution in [2.24, 2.45) is 11.8 Å². The van der Waals surface area contributed by atoms with E-state index in [1.165, 1.54) is 4.88 Å². The summed E-state index contributed by atoms with van der Waals surface area (Å²) in [6.07, 6.45) is 1.71. The van der Waals surface area contributed by atoms with Gasteiger partial charge in [-0.25, -0.2) is 8.42 Å². The van der Waals surface area contributed by atoms with E-state index in [1.807, 2.05) is 6.07 Å². The van der Waals surface area contributed by atoms with Crippen LogP contribution in [0.3, 0.4) is 0 Å². The first-order chi connectivity index (χ1) is 9.35. The van der Waals surface area contributed by atoms with E-state index in [0.717, 1.165) is 23.7 Å². The number of sulfone groups is 1. The van der Waals surface area contributed by atoms with Crippen molar-refractivity contribution in [2.75, 3.05) is 18.1 Å². The molecule has 0 saturated carbocycles. The molecule has 2 atom stereocenters. The second-order valence-electron chi connectivity index (χ2n) is 5.90. The van der Waals surface area contributed by atoms with Crippen LogP contribution >= 0.6 is 22.9 Å². The number of thiophene rings is 1. The quantitative estimate of drug-likeness (QED) is 0.869. The molecule has 0 spiro atoms. The van der Waals surface area contributed by atoms with Gasteiger partial charge < -0.3 is 5.32 Å². The Morgan fingerprint density at radius 3 is 2.70 bits per heavy atom. The molecule has 0 aromatic carbocycles. The number of hydrogen-bond donors (Lipinski definition) is 1. The molecule has 1 fully saturated rings. The molecule has 1 aromatic heterocycles. The molecule has 0 radical (unpaired) electrons. The molecule has 0 bridgehead atoms. The van der Waals surface area contributed by atoms with E-state index >= 15 is 0 Å². The Balaban J connectivity index is 2.04. The predicted molar refractivity (Wildman–Crippen MR) is 86.4 cm³/mol. The first kappa shape index (κ1) is 16.3. The van der Waals surface area contributed by atoms with Gasteiger partial charge in [0.2, 0.25) is 0 Å². The maximum atomic E-state index is 11.7. The molecule has 1 aromatic rings. The van der Waals surface area contributed by atoms with Gasteiger partial charge >= 0.3 is 0 Å². The molecule has 6 heteroatoms. The second kappa shape index (κ2) is 6.77. The smallest absolute Gasteiger partial charge is 0.150 e. The molecule has 1 aliphatic rings. The van der Waals surface area contributed by atoms with Crippen LogP contribution in [0.25, 0.3) is 0 Å². The van der Waals surface area contributed by atoms with Crippen LogP contribution in [0.1, 0.15) is 25.1 Å². The Hall–Kier alpha value is -0.100. The van der Waals surface area contributed by atoms with Crippen molar-refractivity contribution in [3.05, 3.63) is 21.3 Å². The molecule has 1 N–H and O–H groups in total.